The number of nitrogens with one attached hydrogen (secondary N) is 1. The van der Waals surface area contributed by atoms with Crippen LogP contribution in [-0.4, -0.2) is 29.9 Å². The molecule has 5 nitrogen and oxygen atoms in total. The number of carbonyl (C=O) groups excluding carboxylic acids is 2. The van der Waals surface area contributed by atoms with Crippen molar-refractivity contribution in [1.82, 2.24) is 10.2 Å². The standard InChI is InChI=1S/C24H27N3O2/c1-17-6-8-19(9-7-17)16-27-23(28)22(25-24(27)29)15-20-10-11-21(14-18(20)2)26-12-4-3-5-13-26/h6-11,14-15H,3-5,12-13,16H2,1-2H3,(H,25,29)/b22-15+. The summed E-state index contributed by atoms with van der Waals surface area (Å²) in [7, 11) is 0. The van der Waals surface area contributed by atoms with Crippen LogP contribution in [0.3, 0.4) is 0 Å². The Labute approximate surface area is 172 Å². The highest BCUT2D eigenvalue weighted by molar-refractivity contribution is 6.14. The molecule has 2 saturated heterocycles. The molecule has 0 aliphatic carbocycles. The number of aryl methyl sites for hydroxylation is 2. The van der Waals surface area contributed by atoms with Crippen molar-refractivity contribution in [2.75, 3.05) is 18.0 Å². The third kappa shape index (κ3) is 4.19. The summed E-state index contributed by atoms with van der Waals surface area (Å²) < 4.78 is 0. The quantitative estimate of drug-likeness (QED) is 0.623. The number of benzene rings is 2. The van der Waals surface area contributed by atoms with Crippen LogP contribution in [0, 0.1) is 13.8 Å². The van der Waals surface area contributed by atoms with E-state index in [4.69, 9.17) is 0 Å². The van der Waals surface area contributed by atoms with Gasteiger partial charge >= 0.3 is 6.03 Å². The van der Waals surface area contributed by atoms with Gasteiger partial charge in [0.1, 0.15) is 5.70 Å². The number of hydrogen-bond donors (Lipinski definition) is 1. The summed E-state index contributed by atoms with van der Waals surface area (Å²) in [5.41, 5.74) is 5.69. The van der Waals surface area contributed by atoms with Gasteiger partial charge in [0.05, 0.1) is 6.54 Å². The maximum Gasteiger partial charge on any atom is 0.329 e. The summed E-state index contributed by atoms with van der Waals surface area (Å²) in [5, 5.41) is 2.73. The summed E-state index contributed by atoms with van der Waals surface area (Å²) in [6.07, 6.45) is 5.57. The molecule has 5 heteroatoms. The number of imide groups is 1. The van der Waals surface area contributed by atoms with Crippen LogP contribution < -0.4 is 10.2 Å². The van der Waals surface area contributed by atoms with Gasteiger partial charge in [0.15, 0.2) is 0 Å². The van der Waals surface area contributed by atoms with Crippen LogP contribution in [0.25, 0.3) is 6.08 Å². The number of hydrogen-bond acceptors (Lipinski definition) is 3. The van der Waals surface area contributed by atoms with Crippen molar-refractivity contribution >= 4 is 23.7 Å². The molecule has 0 unspecified atom stereocenters. The van der Waals surface area contributed by atoms with E-state index in [0.29, 0.717) is 5.70 Å². The van der Waals surface area contributed by atoms with E-state index < -0.39 is 0 Å². The largest absolute Gasteiger partial charge is 0.372 e. The highest BCUT2D eigenvalue weighted by Gasteiger charge is 2.33. The molecule has 4 rings (SSSR count). The van der Waals surface area contributed by atoms with Gasteiger partial charge in [0.2, 0.25) is 0 Å². The van der Waals surface area contributed by atoms with E-state index in [1.165, 1.54) is 29.8 Å². The van der Waals surface area contributed by atoms with Crippen LogP contribution in [0.15, 0.2) is 48.2 Å². The van der Waals surface area contributed by atoms with E-state index in [2.05, 4.69) is 22.3 Å². The molecule has 0 bridgehead atoms. The van der Waals surface area contributed by atoms with Crippen LogP contribution in [0.2, 0.25) is 0 Å². The Balaban J connectivity index is 1.51. The molecule has 0 aromatic heterocycles. The normalized spacial score (nSPS) is 18.5. The SMILES string of the molecule is Cc1ccc(CN2C(=O)N/C(=C/c3ccc(N4CCCCC4)cc3C)C2=O)cc1. The Hall–Kier alpha value is -3.08. The number of rotatable bonds is 4. The molecular formula is C24H27N3O2. The number of carbonyl (C=O) groups is 2. The molecule has 0 spiro atoms. The molecule has 150 valence electrons. The third-order valence-electron chi connectivity index (χ3n) is 5.70. The maximum atomic E-state index is 12.8. The highest BCUT2D eigenvalue weighted by Crippen LogP contribution is 2.25. The monoisotopic (exact) mass is 389 g/mol. The number of amides is 3. The van der Waals surface area contributed by atoms with Crippen LogP contribution in [0.4, 0.5) is 10.5 Å². The zero-order valence-electron chi connectivity index (χ0n) is 17.1. The molecule has 2 fully saturated rings. The molecule has 2 aromatic rings. The first-order valence-electron chi connectivity index (χ1n) is 10.3. The Morgan fingerprint density at radius 2 is 1.69 bits per heavy atom. The van der Waals surface area contributed by atoms with E-state index in [-0.39, 0.29) is 18.5 Å². The molecule has 0 saturated carbocycles. The second-order valence-electron chi connectivity index (χ2n) is 7.95. The fourth-order valence-corrected chi connectivity index (χ4v) is 3.92. The smallest absolute Gasteiger partial charge is 0.329 e. The van der Waals surface area contributed by atoms with Crippen molar-refractivity contribution in [3.8, 4) is 0 Å². The van der Waals surface area contributed by atoms with Gasteiger partial charge in [-0.05, 0) is 68.0 Å². The lowest BCUT2D eigenvalue weighted by Crippen LogP contribution is -2.30. The molecule has 2 heterocycles. The second kappa shape index (κ2) is 8.11. The minimum Gasteiger partial charge on any atom is -0.372 e. The van der Waals surface area contributed by atoms with Gasteiger partial charge in [-0.3, -0.25) is 9.69 Å². The molecule has 0 radical (unpaired) electrons. The summed E-state index contributed by atoms with van der Waals surface area (Å²) in [6, 6.07) is 13.8. The Morgan fingerprint density at radius 3 is 2.38 bits per heavy atom. The Bertz CT molecular complexity index is 957. The van der Waals surface area contributed by atoms with Crippen LogP contribution in [0.5, 0.6) is 0 Å². The zero-order chi connectivity index (χ0) is 20.4. The zero-order valence-corrected chi connectivity index (χ0v) is 17.1. The van der Waals surface area contributed by atoms with Gasteiger partial charge in [0, 0.05) is 18.8 Å². The first-order chi connectivity index (χ1) is 14.0. The van der Waals surface area contributed by atoms with Crippen molar-refractivity contribution < 1.29 is 9.59 Å². The minimum absolute atomic E-state index is 0.273. The van der Waals surface area contributed by atoms with Crippen molar-refractivity contribution in [1.29, 1.82) is 0 Å². The van der Waals surface area contributed by atoms with E-state index in [1.807, 2.05) is 44.2 Å². The number of piperidine rings is 1. The predicted molar refractivity (Wildman–Crippen MR) is 115 cm³/mol. The van der Waals surface area contributed by atoms with Crippen LogP contribution in [-0.2, 0) is 11.3 Å². The summed E-state index contributed by atoms with van der Waals surface area (Å²) in [4.78, 5) is 28.8. The molecule has 2 aromatic carbocycles. The Kier molecular flexibility index (Phi) is 5.38. The lowest BCUT2D eigenvalue weighted by atomic mass is 10.0. The van der Waals surface area contributed by atoms with Crippen molar-refractivity contribution in [3.63, 3.8) is 0 Å². The summed E-state index contributed by atoms with van der Waals surface area (Å²) in [5.74, 6) is -0.282. The van der Waals surface area contributed by atoms with Crippen LogP contribution >= 0.6 is 0 Å². The predicted octanol–water partition coefficient (Wildman–Crippen LogP) is 4.39. The van der Waals surface area contributed by atoms with Gasteiger partial charge in [0.25, 0.3) is 5.91 Å². The molecule has 2 aliphatic rings. The van der Waals surface area contributed by atoms with E-state index in [9.17, 15) is 9.59 Å². The lowest BCUT2D eigenvalue weighted by molar-refractivity contribution is -0.123. The van der Waals surface area contributed by atoms with E-state index >= 15 is 0 Å². The Morgan fingerprint density at radius 1 is 0.966 bits per heavy atom. The first-order valence-corrected chi connectivity index (χ1v) is 10.3. The average molecular weight is 389 g/mol. The van der Waals surface area contributed by atoms with Gasteiger partial charge in [-0.1, -0.05) is 35.9 Å². The van der Waals surface area contributed by atoms with Gasteiger partial charge in [-0.15, -0.1) is 0 Å². The van der Waals surface area contributed by atoms with Crippen molar-refractivity contribution in [3.05, 3.63) is 70.4 Å². The molecule has 2 aliphatic heterocycles. The van der Waals surface area contributed by atoms with Gasteiger partial charge in [-0.2, -0.15) is 0 Å². The third-order valence-corrected chi connectivity index (χ3v) is 5.70. The minimum atomic E-state index is -0.371. The molecule has 0 atom stereocenters. The van der Waals surface area contributed by atoms with Crippen LogP contribution in [0.1, 0.15) is 41.5 Å². The van der Waals surface area contributed by atoms with E-state index in [0.717, 1.165) is 35.3 Å². The molecule has 29 heavy (non-hydrogen) atoms. The maximum absolute atomic E-state index is 12.8. The second-order valence-corrected chi connectivity index (χ2v) is 7.95. The molecule has 1 N–H and O–H groups in total. The number of anilines is 1. The van der Waals surface area contributed by atoms with Gasteiger partial charge < -0.3 is 10.2 Å². The summed E-state index contributed by atoms with van der Waals surface area (Å²) >= 11 is 0. The fourth-order valence-electron chi connectivity index (χ4n) is 3.92. The molecule has 3 amide bonds. The molecular weight excluding hydrogens is 362 g/mol. The summed E-state index contributed by atoms with van der Waals surface area (Å²) in [6.45, 7) is 6.53. The number of nitrogens with zero attached hydrogens (tertiary/aromatic N) is 2. The van der Waals surface area contributed by atoms with E-state index in [1.54, 1.807) is 6.08 Å². The first kappa shape index (κ1) is 19.2. The average Bonchev–Trinajstić information content (AvgIpc) is 2.99. The van der Waals surface area contributed by atoms with Crippen molar-refractivity contribution in [2.45, 2.75) is 39.7 Å². The topological polar surface area (TPSA) is 52.7 Å². The number of urea groups is 1. The lowest BCUT2D eigenvalue weighted by Gasteiger charge is -2.29. The highest BCUT2D eigenvalue weighted by atomic mass is 16.2. The van der Waals surface area contributed by atoms with Crippen molar-refractivity contribution in [2.24, 2.45) is 0 Å². The van der Waals surface area contributed by atoms with Gasteiger partial charge in [-0.25, -0.2) is 4.79 Å². The fraction of sp³-hybridized carbons (Fsp3) is 0.333.